The minimum absolute atomic E-state index is 0.0671. The van der Waals surface area contributed by atoms with Crippen molar-refractivity contribution in [3.05, 3.63) is 44.0 Å². The fourth-order valence-electron chi connectivity index (χ4n) is 3.24. The van der Waals surface area contributed by atoms with Crippen LogP contribution >= 0.6 is 34.2 Å². The average Bonchev–Trinajstić information content (AvgIpc) is 2.78. The monoisotopic (exact) mass is 600 g/mol. The number of carbonyl (C=O) groups excluding carboxylic acids is 3. The molecular weight excluding hydrogens is 579 g/mol. The second-order valence-electron chi connectivity index (χ2n) is 7.32. The highest BCUT2D eigenvalue weighted by molar-refractivity contribution is 14.1. The van der Waals surface area contributed by atoms with Crippen LogP contribution in [-0.4, -0.2) is 45.3 Å². The smallest absolute Gasteiger partial charge is 0.336 e. The molecule has 0 spiro atoms. The number of methoxy groups -OCH3 is 3. The molecule has 1 fully saturated rings. The number of amides is 4. The highest BCUT2D eigenvalue weighted by atomic mass is 127. The van der Waals surface area contributed by atoms with E-state index in [1.807, 2.05) is 13.8 Å². The van der Waals surface area contributed by atoms with Crippen molar-refractivity contribution in [3.63, 3.8) is 0 Å². The number of halogens is 2. The zero-order chi connectivity index (χ0) is 25.2. The van der Waals surface area contributed by atoms with Crippen molar-refractivity contribution >= 4 is 63.8 Å². The van der Waals surface area contributed by atoms with Crippen LogP contribution in [0.15, 0.2) is 29.8 Å². The number of nitrogens with zero attached hydrogens (tertiary/aromatic N) is 1. The Kier molecular flexibility index (Phi) is 7.93. The van der Waals surface area contributed by atoms with Crippen LogP contribution in [0, 0.1) is 3.57 Å². The van der Waals surface area contributed by atoms with Gasteiger partial charge < -0.3 is 18.9 Å². The third-order valence-electron chi connectivity index (χ3n) is 4.71. The molecule has 0 bridgehead atoms. The van der Waals surface area contributed by atoms with Gasteiger partial charge in [-0.2, -0.15) is 0 Å². The molecule has 0 atom stereocenters. The Bertz CT molecular complexity index is 1200. The summed E-state index contributed by atoms with van der Waals surface area (Å²) < 4.78 is 22.5. The molecule has 1 heterocycles. The second-order valence-corrected chi connectivity index (χ2v) is 8.89. The van der Waals surface area contributed by atoms with Crippen molar-refractivity contribution in [2.24, 2.45) is 0 Å². The molecule has 0 aliphatic carbocycles. The standard InChI is InChI=1S/C23H22ClIN2O7/c1-11(2)34-20-15(25)7-12(8-19(20)33-5)6-13-21(28)26-23(30)27(22(13)29)16-10-17(31-3)14(24)9-18(16)32-4/h6-11H,1-5H3,(H,26,28,30)/b13-6+. The summed E-state index contributed by atoms with van der Waals surface area (Å²) in [6.07, 6.45) is 1.30. The van der Waals surface area contributed by atoms with Crippen LogP contribution in [0.4, 0.5) is 10.5 Å². The van der Waals surface area contributed by atoms with Gasteiger partial charge in [0, 0.05) is 12.1 Å². The van der Waals surface area contributed by atoms with E-state index in [0.29, 0.717) is 17.1 Å². The number of anilines is 1. The van der Waals surface area contributed by atoms with Crippen LogP contribution in [0.5, 0.6) is 23.0 Å². The lowest BCUT2D eigenvalue weighted by molar-refractivity contribution is -0.122. The van der Waals surface area contributed by atoms with E-state index in [4.69, 9.17) is 30.5 Å². The number of barbiturate groups is 1. The zero-order valence-electron chi connectivity index (χ0n) is 19.0. The summed E-state index contributed by atoms with van der Waals surface area (Å²) in [4.78, 5) is 39.4. The maximum atomic E-state index is 13.3. The van der Waals surface area contributed by atoms with Crippen molar-refractivity contribution in [3.8, 4) is 23.0 Å². The molecule has 34 heavy (non-hydrogen) atoms. The van der Waals surface area contributed by atoms with Crippen LogP contribution in [0.25, 0.3) is 6.08 Å². The molecule has 2 aromatic rings. The van der Waals surface area contributed by atoms with Gasteiger partial charge in [-0.05, 0) is 60.2 Å². The number of benzene rings is 2. The fourth-order valence-corrected chi connectivity index (χ4v) is 4.22. The lowest BCUT2D eigenvalue weighted by Gasteiger charge is -2.28. The van der Waals surface area contributed by atoms with Gasteiger partial charge in [-0.25, -0.2) is 9.69 Å². The van der Waals surface area contributed by atoms with E-state index in [2.05, 4.69) is 27.9 Å². The Morgan fingerprint density at radius 2 is 1.62 bits per heavy atom. The van der Waals surface area contributed by atoms with Crippen LogP contribution in [0.2, 0.25) is 5.02 Å². The van der Waals surface area contributed by atoms with E-state index in [-0.39, 0.29) is 33.9 Å². The summed E-state index contributed by atoms with van der Waals surface area (Å²) in [5.41, 5.74) is 0.314. The molecule has 0 saturated carbocycles. The molecule has 3 rings (SSSR count). The van der Waals surface area contributed by atoms with Crippen molar-refractivity contribution in [2.45, 2.75) is 20.0 Å². The molecule has 1 aliphatic rings. The number of imide groups is 2. The van der Waals surface area contributed by atoms with Crippen molar-refractivity contribution < 1.29 is 33.3 Å². The van der Waals surface area contributed by atoms with Gasteiger partial charge in [0.05, 0.1) is 41.7 Å². The van der Waals surface area contributed by atoms with Crippen molar-refractivity contribution in [1.29, 1.82) is 0 Å². The van der Waals surface area contributed by atoms with Gasteiger partial charge in [0.1, 0.15) is 17.1 Å². The van der Waals surface area contributed by atoms with Gasteiger partial charge in [-0.15, -0.1) is 0 Å². The van der Waals surface area contributed by atoms with Crippen LogP contribution < -0.4 is 29.2 Å². The molecule has 2 aromatic carbocycles. The van der Waals surface area contributed by atoms with E-state index in [0.717, 1.165) is 8.47 Å². The number of rotatable bonds is 7. The largest absolute Gasteiger partial charge is 0.495 e. The lowest BCUT2D eigenvalue weighted by atomic mass is 10.1. The van der Waals surface area contributed by atoms with E-state index >= 15 is 0 Å². The molecule has 1 saturated heterocycles. The summed E-state index contributed by atoms with van der Waals surface area (Å²) >= 11 is 8.22. The molecule has 1 aliphatic heterocycles. The van der Waals surface area contributed by atoms with Gasteiger partial charge in [0.15, 0.2) is 11.5 Å². The molecular formula is C23H22ClIN2O7. The highest BCUT2D eigenvalue weighted by Crippen LogP contribution is 2.40. The van der Waals surface area contributed by atoms with Gasteiger partial charge in [-0.3, -0.25) is 14.9 Å². The Morgan fingerprint density at radius 1 is 0.971 bits per heavy atom. The molecule has 9 nitrogen and oxygen atoms in total. The maximum Gasteiger partial charge on any atom is 0.336 e. The van der Waals surface area contributed by atoms with Crippen LogP contribution in [0.3, 0.4) is 0 Å². The summed E-state index contributed by atoms with van der Waals surface area (Å²) in [7, 11) is 4.26. The zero-order valence-corrected chi connectivity index (χ0v) is 21.9. The summed E-state index contributed by atoms with van der Waals surface area (Å²) in [5, 5.41) is 2.41. The Balaban J connectivity index is 2.10. The molecule has 1 N–H and O–H groups in total. The van der Waals surface area contributed by atoms with Crippen LogP contribution in [0.1, 0.15) is 19.4 Å². The minimum Gasteiger partial charge on any atom is -0.495 e. The molecule has 180 valence electrons. The van der Waals surface area contributed by atoms with E-state index in [1.165, 1.54) is 39.5 Å². The number of urea groups is 1. The van der Waals surface area contributed by atoms with Crippen molar-refractivity contribution in [2.75, 3.05) is 26.2 Å². The molecule has 0 radical (unpaired) electrons. The number of ether oxygens (including phenoxy) is 4. The molecule has 0 aromatic heterocycles. The summed E-state index contributed by atoms with van der Waals surface area (Å²) in [6.45, 7) is 3.78. The Morgan fingerprint density at radius 3 is 2.21 bits per heavy atom. The first-order valence-corrected chi connectivity index (χ1v) is 11.4. The number of nitrogens with one attached hydrogen (secondary N) is 1. The lowest BCUT2D eigenvalue weighted by Crippen LogP contribution is -2.54. The van der Waals surface area contributed by atoms with E-state index in [1.54, 1.807) is 12.1 Å². The van der Waals surface area contributed by atoms with E-state index < -0.39 is 17.8 Å². The average molecular weight is 601 g/mol. The SMILES string of the molecule is COc1cc(N2C(=O)NC(=O)/C(=C\c3cc(I)c(OC(C)C)c(OC)c3)C2=O)c(OC)cc1Cl. The van der Waals surface area contributed by atoms with Gasteiger partial charge >= 0.3 is 6.03 Å². The highest BCUT2D eigenvalue weighted by Gasteiger charge is 2.38. The Hall–Kier alpha value is -2.99. The Labute approximate surface area is 215 Å². The third-order valence-corrected chi connectivity index (χ3v) is 5.81. The molecule has 0 unspecified atom stereocenters. The third kappa shape index (κ3) is 5.07. The van der Waals surface area contributed by atoms with Crippen LogP contribution in [-0.2, 0) is 9.59 Å². The maximum absolute atomic E-state index is 13.3. The first-order chi connectivity index (χ1) is 16.1. The first-order valence-electron chi connectivity index (χ1n) is 9.98. The van der Waals surface area contributed by atoms with E-state index in [9.17, 15) is 14.4 Å². The summed E-state index contributed by atoms with van der Waals surface area (Å²) in [5.74, 6) is -0.312. The topological polar surface area (TPSA) is 103 Å². The normalized spacial score (nSPS) is 15.0. The van der Waals surface area contributed by atoms with Crippen molar-refractivity contribution in [1.82, 2.24) is 5.32 Å². The number of carbonyl (C=O) groups is 3. The molecule has 11 heteroatoms. The quantitative estimate of drug-likeness (QED) is 0.285. The predicted octanol–water partition coefficient (Wildman–Crippen LogP) is 4.42. The van der Waals surface area contributed by atoms with Gasteiger partial charge in [0.2, 0.25) is 0 Å². The van der Waals surface area contributed by atoms with Gasteiger partial charge in [-0.1, -0.05) is 11.6 Å². The second kappa shape index (κ2) is 10.5. The molecule has 4 amide bonds. The number of hydrogen-bond acceptors (Lipinski definition) is 7. The number of hydrogen-bond donors (Lipinski definition) is 1. The fraction of sp³-hybridized carbons (Fsp3) is 0.261. The predicted molar refractivity (Wildman–Crippen MR) is 135 cm³/mol. The first kappa shape index (κ1) is 25.6. The minimum atomic E-state index is -0.928. The van der Waals surface area contributed by atoms with Gasteiger partial charge in [0.25, 0.3) is 11.8 Å². The summed E-state index contributed by atoms with van der Waals surface area (Å²) in [6, 6.07) is 5.25.